The molecule has 1 nitrogen and oxygen atoms in total. The quantitative estimate of drug-likeness (QED) is 0.672. The molecule has 0 heterocycles. The molecule has 2 atom stereocenters. The Morgan fingerprint density at radius 3 is 2.36 bits per heavy atom. The first-order valence-electron chi connectivity index (χ1n) is 5.18. The van der Waals surface area contributed by atoms with Crippen molar-refractivity contribution in [2.24, 2.45) is 0 Å². The van der Waals surface area contributed by atoms with Crippen LogP contribution in [0, 0.1) is 6.92 Å². The first-order chi connectivity index (χ1) is 6.75. The number of aliphatic hydroxyl groups excluding tert-OH is 1. The molecule has 0 saturated heterocycles. The molecule has 0 fully saturated rings. The summed E-state index contributed by atoms with van der Waals surface area (Å²) in [6.07, 6.45) is 5.75. The maximum Gasteiger partial charge on any atom is 0.0721 e. The second kappa shape index (κ2) is 3.97. The van der Waals surface area contributed by atoms with Crippen molar-refractivity contribution in [3.63, 3.8) is 0 Å². The molecule has 1 aromatic rings. The summed E-state index contributed by atoms with van der Waals surface area (Å²) in [5, 5.41) is 9.33. The Labute approximate surface area is 85.1 Å². The first-order valence-corrected chi connectivity index (χ1v) is 5.18. The van der Waals surface area contributed by atoms with Crippen LogP contribution in [0.25, 0.3) is 0 Å². The molecule has 1 aromatic carbocycles. The van der Waals surface area contributed by atoms with Gasteiger partial charge in [0.15, 0.2) is 0 Å². The topological polar surface area (TPSA) is 20.2 Å². The van der Waals surface area contributed by atoms with Gasteiger partial charge in [-0.05, 0) is 25.3 Å². The predicted molar refractivity (Wildman–Crippen MR) is 58.3 cm³/mol. The zero-order valence-corrected chi connectivity index (χ0v) is 8.48. The highest BCUT2D eigenvalue weighted by molar-refractivity contribution is 5.28. The van der Waals surface area contributed by atoms with Gasteiger partial charge in [0, 0.05) is 5.92 Å². The fraction of sp³-hybridized carbons (Fsp3) is 0.385. The largest absolute Gasteiger partial charge is 0.389 e. The fourth-order valence-corrected chi connectivity index (χ4v) is 1.90. The van der Waals surface area contributed by atoms with Gasteiger partial charge in [0.25, 0.3) is 0 Å². The number of allylic oxidation sites excluding steroid dienone is 1. The van der Waals surface area contributed by atoms with E-state index in [2.05, 4.69) is 37.3 Å². The highest BCUT2D eigenvalue weighted by atomic mass is 16.3. The maximum absolute atomic E-state index is 9.33. The van der Waals surface area contributed by atoms with Crippen molar-refractivity contribution in [1.82, 2.24) is 0 Å². The van der Waals surface area contributed by atoms with Gasteiger partial charge in [-0.2, -0.15) is 0 Å². The molecule has 0 aliphatic heterocycles. The molecule has 0 spiro atoms. The van der Waals surface area contributed by atoms with Crippen LogP contribution >= 0.6 is 0 Å². The third kappa shape index (κ3) is 2.05. The summed E-state index contributed by atoms with van der Waals surface area (Å²) >= 11 is 0. The van der Waals surface area contributed by atoms with E-state index in [1.54, 1.807) is 0 Å². The van der Waals surface area contributed by atoms with Crippen LogP contribution in [0.3, 0.4) is 0 Å². The summed E-state index contributed by atoms with van der Waals surface area (Å²) in [5.41, 5.74) is 2.66. The highest BCUT2D eigenvalue weighted by Crippen LogP contribution is 2.27. The minimum absolute atomic E-state index is 0.225. The molecular weight excluding hydrogens is 172 g/mol. The average molecular weight is 188 g/mol. The minimum atomic E-state index is -0.225. The van der Waals surface area contributed by atoms with Gasteiger partial charge in [-0.1, -0.05) is 42.0 Å². The van der Waals surface area contributed by atoms with Gasteiger partial charge >= 0.3 is 0 Å². The van der Waals surface area contributed by atoms with Crippen molar-refractivity contribution in [2.45, 2.75) is 31.8 Å². The Bertz CT molecular complexity index is 324. The zero-order chi connectivity index (χ0) is 9.97. The molecule has 0 unspecified atom stereocenters. The number of aryl methyl sites for hydroxylation is 1. The van der Waals surface area contributed by atoms with E-state index in [0.717, 1.165) is 12.8 Å². The molecule has 0 bridgehead atoms. The summed E-state index contributed by atoms with van der Waals surface area (Å²) in [4.78, 5) is 0. The Kier molecular flexibility index (Phi) is 2.69. The molecule has 0 aromatic heterocycles. The van der Waals surface area contributed by atoms with Crippen LogP contribution in [0.1, 0.15) is 29.9 Å². The summed E-state index contributed by atoms with van der Waals surface area (Å²) in [5.74, 6) is 0.499. The molecular formula is C13H16O. The lowest BCUT2D eigenvalue weighted by Gasteiger charge is -2.19. The monoisotopic (exact) mass is 188 g/mol. The Morgan fingerprint density at radius 1 is 1.07 bits per heavy atom. The van der Waals surface area contributed by atoms with Gasteiger partial charge in [0.2, 0.25) is 0 Å². The Balaban J connectivity index is 2.16. The van der Waals surface area contributed by atoms with Gasteiger partial charge in [-0.15, -0.1) is 0 Å². The molecule has 1 N–H and O–H groups in total. The van der Waals surface area contributed by atoms with Gasteiger partial charge < -0.3 is 5.11 Å². The van der Waals surface area contributed by atoms with E-state index in [0.29, 0.717) is 5.92 Å². The van der Waals surface area contributed by atoms with E-state index in [4.69, 9.17) is 0 Å². The standard InChI is InChI=1S/C13H16O/c1-10-2-4-11(5-3-10)12-6-8-13(14)9-7-12/h2-6,8,12-14H,7,9H2,1H3/t12-,13-/m1/s1. The van der Waals surface area contributed by atoms with Gasteiger partial charge in [-0.3, -0.25) is 0 Å². The number of hydrogen-bond donors (Lipinski definition) is 1. The lowest BCUT2D eigenvalue weighted by atomic mass is 9.88. The van der Waals surface area contributed by atoms with Crippen molar-refractivity contribution in [3.05, 3.63) is 47.5 Å². The SMILES string of the molecule is Cc1ccc([C@@H]2C=C[C@@H](O)CC2)cc1. The first kappa shape index (κ1) is 9.47. The van der Waals surface area contributed by atoms with Crippen molar-refractivity contribution in [2.75, 3.05) is 0 Å². The Morgan fingerprint density at radius 2 is 1.79 bits per heavy atom. The third-order valence-electron chi connectivity index (χ3n) is 2.84. The molecule has 1 aliphatic rings. The number of aliphatic hydroxyl groups is 1. The second-order valence-corrected chi connectivity index (χ2v) is 4.05. The molecule has 1 aliphatic carbocycles. The lowest BCUT2D eigenvalue weighted by Crippen LogP contribution is -2.10. The van der Waals surface area contributed by atoms with Crippen LogP contribution in [0.2, 0.25) is 0 Å². The summed E-state index contributed by atoms with van der Waals surface area (Å²) in [7, 11) is 0. The van der Waals surface area contributed by atoms with Crippen molar-refractivity contribution in [3.8, 4) is 0 Å². The summed E-state index contributed by atoms with van der Waals surface area (Å²) in [6.45, 7) is 2.10. The summed E-state index contributed by atoms with van der Waals surface area (Å²) in [6, 6.07) is 8.66. The molecule has 0 radical (unpaired) electrons. The van der Waals surface area contributed by atoms with Crippen molar-refractivity contribution >= 4 is 0 Å². The van der Waals surface area contributed by atoms with Crippen LogP contribution in [0.5, 0.6) is 0 Å². The van der Waals surface area contributed by atoms with Crippen LogP contribution in [0.15, 0.2) is 36.4 Å². The van der Waals surface area contributed by atoms with Crippen LogP contribution in [-0.4, -0.2) is 11.2 Å². The summed E-state index contributed by atoms with van der Waals surface area (Å²) < 4.78 is 0. The smallest absolute Gasteiger partial charge is 0.0721 e. The Hall–Kier alpha value is -1.08. The van der Waals surface area contributed by atoms with E-state index in [1.165, 1.54) is 11.1 Å². The van der Waals surface area contributed by atoms with Crippen LogP contribution in [0.4, 0.5) is 0 Å². The molecule has 74 valence electrons. The van der Waals surface area contributed by atoms with E-state index in [-0.39, 0.29) is 6.10 Å². The number of hydrogen-bond acceptors (Lipinski definition) is 1. The molecule has 0 amide bonds. The maximum atomic E-state index is 9.33. The average Bonchev–Trinajstić information content (AvgIpc) is 2.21. The van der Waals surface area contributed by atoms with E-state index in [9.17, 15) is 5.11 Å². The fourth-order valence-electron chi connectivity index (χ4n) is 1.90. The lowest BCUT2D eigenvalue weighted by molar-refractivity contribution is 0.201. The van der Waals surface area contributed by atoms with Gasteiger partial charge in [0.1, 0.15) is 0 Å². The van der Waals surface area contributed by atoms with Gasteiger partial charge in [0.05, 0.1) is 6.10 Å². The van der Waals surface area contributed by atoms with Gasteiger partial charge in [-0.25, -0.2) is 0 Å². The van der Waals surface area contributed by atoms with E-state index >= 15 is 0 Å². The molecule has 0 saturated carbocycles. The molecule has 1 heteroatoms. The van der Waals surface area contributed by atoms with E-state index in [1.807, 2.05) is 6.08 Å². The third-order valence-corrected chi connectivity index (χ3v) is 2.84. The molecule has 14 heavy (non-hydrogen) atoms. The predicted octanol–water partition coefficient (Wildman–Crippen LogP) is 2.79. The van der Waals surface area contributed by atoms with Crippen LogP contribution in [-0.2, 0) is 0 Å². The van der Waals surface area contributed by atoms with E-state index < -0.39 is 0 Å². The highest BCUT2D eigenvalue weighted by Gasteiger charge is 2.14. The molecule has 2 rings (SSSR count). The minimum Gasteiger partial charge on any atom is -0.389 e. The van der Waals surface area contributed by atoms with Crippen molar-refractivity contribution in [1.29, 1.82) is 0 Å². The van der Waals surface area contributed by atoms with Crippen molar-refractivity contribution < 1.29 is 5.11 Å². The normalized spacial score (nSPS) is 26.4. The number of benzene rings is 1. The number of rotatable bonds is 1. The zero-order valence-electron chi connectivity index (χ0n) is 8.48. The second-order valence-electron chi connectivity index (χ2n) is 4.05. The van der Waals surface area contributed by atoms with Crippen LogP contribution < -0.4 is 0 Å².